The molecule has 0 radical (unpaired) electrons. The van der Waals surface area contributed by atoms with E-state index < -0.39 is 9.84 Å². The van der Waals surface area contributed by atoms with Gasteiger partial charge in [-0.3, -0.25) is 0 Å². The molecule has 1 heterocycles. The van der Waals surface area contributed by atoms with Gasteiger partial charge in [-0.05, 0) is 51.4 Å². The van der Waals surface area contributed by atoms with Gasteiger partial charge in [-0.25, -0.2) is 13.4 Å². The molecule has 0 spiro atoms. The first kappa shape index (κ1) is 23.7. The Morgan fingerprint density at radius 1 is 1.32 bits per heavy atom. The molecule has 2 aromatic rings. The van der Waals surface area contributed by atoms with Crippen LogP contribution in [0.25, 0.3) is 0 Å². The number of imidazole rings is 1. The number of methoxy groups -OCH3 is 1. The Morgan fingerprint density at radius 3 is 2.58 bits per heavy atom. The fraction of sp³-hybridized carbons (Fsp3) is 0.545. The average Bonchev–Trinajstić information content (AvgIpc) is 3.45. The number of hydrogen-bond acceptors (Lipinski definition) is 5. The molecule has 170 valence electrons. The smallest absolute Gasteiger partial charge is 0.228 e. The highest BCUT2D eigenvalue weighted by atomic mass is 32.2. The summed E-state index contributed by atoms with van der Waals surface area (Å²) in [5.41, 5.74) is 2.66. The first-order valence-electron chi connectivity index (χ1n) is 10.6. The highest BCUT2D eigenvalue weighted by Crippen LogP contribution is 2.29. The number of sulfone groups is 1. The lowest BCUT2D eigenvalue weighted by Gasteiger charge is -2.27. The summed E-state index contributed by atoms with van der Waals surface area (Å²) in [5, 5.41) is 4.08. The van der Waals surface area contributed by atoms with E-state index in [4.69, 9.17) is 17.0 Å². The molecule has 0 saturated heterocycles. The van der Waals surface area contributed by atoms with Crippen LogP contribution in [-0.4, -0.2) is 53.8 Å². The number of aryl methyl sites for hydroxylation is 1. The SMILES string of the molecule is COCCn1c(CN(C(=S)NC(C)C)C2CC2)cnc1S(=O)(=O)Cc1ccc(C)cc1. The number of thiocarbonyl (C=S) groups is 1. The summed E-state index contributed by atoms with van der Waals surface area (Å²) in [7, 11) is -2.01. The predicted octanol–water partition coefficient (Wildman–Crippen LogP) is 3.06. The molecule has 1 aromatic carbocycles. The summed E-state index contributed by atoms with van der Waals surface area (Å²) in [6.07, 6.45) is 3.83. The van der Waals surface area contributed by atoms with Crippen LogP contribution in [0.1, 0.15) is 43.5 Å². The molecule has 9 heteroatoms. The minimum atomic E-state index is -3.62. The molecule has 7 nitrogen and oxygen atoms in total. The lowest BCUT2D eigenvalue weighted by molar-refractivity contribution is 0.182. The molecule has 1 fully saturated rings. The second kappa shape index (κ2) is 10.1. The van der Waals surface area contributed by atoms with Crippen LogP contribution < -0.4 is 5.32 Å². The Labute approximate surface area is 190 Å². The van der Waals surface area contributed by atoms with E-state index in [9.17, 15) is 8.42 Å². The fourth-order valence-corrected chi connectivity index (χ4v) is 5.38. The van der Waals surface area contributed by atoms with Crippen molar-refractivity contribution in [1.29, 1.82) is 0 Å². The molecule has 0 bridgehead atoms. The second-order valence-electron chi connectivity index (χ2n) is 8.38. The minimum Gasteiger partial charge on any atom is -0.383 e. The summed E-state index contributed by atoms with van der Waals surface area (Å²) in [4.78, 5) is 6.48. The maximum absolute atomic E-state index is 13.2. The Bertz CT molecular complexity index is 996. The summed E-state index contributed by atoms with van der Waals surface area (Å²) >= 11 is 5.62. The molecule has 0 atom stereocenters. The van der Waals surface area contributed by atoms with Crippen LogP contribution in [0, 0.1) is 6.92 Å². The first-order valence-corrected chi connectivity index (χ1v) is 12.7. The van der Waals surface area contributed by atoms with Crippen molar-refractivity contribution in [3.63, 3.8) is 0 Å². The normalized spacial score (nSPS) is 14.1. The standard InChI is InChI=1S/C22H32N4O3S2/c1-16(2)24-21(30)26(19-9-10-19)14-20-13-23-22(25(20)11-12-29-4)31(27,28)15-18-7-5-17(3)6-8-18/h5-8,13,16,19H,9-12,14-15H2,1-4H3,(H,24,30). The number of nitrogens with zero attached hydrogens (tertiary/aromatic N) is 3. The Morgan fingerprint density at radius 2 is 2.00 bits per heavy atom. The van der Waals surface area contributed by atoms with Crippen molar-refractivity contribution in [2.75, 3.05) is 13.7 Å². The van der Waals surface area contributed by atoms with Crippen LogP contribution >= 0.6 is 12.2 Å². The fourth-order valence-electron chi connectivity index (χ4n) is 3.41. The van der Waals surface area contributed by atoms with Gasteiger partial charge in [0, 0.05) is 25.7 Å². The van der Waals surface area contributed by atoms with Gasteiger partial charge in [0.1, 0.15) is 0 Å². The molecule has 3 rings (SSSR count). The van der Waals surface area contributed by atoms with Crippen molar-refractivity contribution in [3.05, 3.63) is 47.3 Å². The van der Waals surface area contributed by atoms with Gasteiger partial charge in [-0.15, -0.1) is 0 Å². The first-order chi connectivity index (χ1) is 14.7. The molecule has 31 heavy (non-hydrogen) atoms. The second-order valence-corrected chi connectivity index (χ2v) is 10.7. The van der Waals surface area contributed by atoms with Crippen molar-refractivity contribution in [2.45, 2.75) is 69.7 Å². The highest BCUT2D eigenvalue weighted by molar-refractivity contribution is 7.90. The lowest BCUT2D eigenvalue weighted by Crippen LogP contribution is -2.43. The van der Waals surface area contributed by atoms with Crippen LogP contribution in [0.15, 0.2) is 35.6 Å². The lowest BCUT2D eigenvalue weighted by atomic mass is 10.2. The van der Waals surface area contributed by atoms with Crippen LogP contribution in [0.4, 0.5) is 0 Å². The number of rotatable bonds is 10. The monoisotopic (exact) mass is 464 g/mol. The van der Waals surface area contributed by atoms with Gasteiger partial charge in [0.25, 0.3) is 0 Å². The van der Waals surface area contributed by atoms with Crippen molar-refractivity contribution < 1.29 is 13.2 Å². The Balaban J connectivity index is 1.88. The molecule has 1 aliphatic carbocycles. The maximum atomic E-state index is 13.2. The molecule has 1 aliphatic rings. The largest absolute Gasteiger partial charge is 0.383 e. The molecule has 0 aliphatic heterocycles. The number of hydrogen-bond donors (Lipinski definition) is 1. The predicted molar refractivity (Wildman–Crippen MR) is 126 cm³/mol. The van der Waals surface area contributed by atoms with Gasteiger partial charge in [0.05, 0.1) is 30.8 Å². The van der Waals surface area contributed by atoms with E-state index in [1.54, 1.807) is 17.9 Å². The van der Waals surface area contributed by atoms with Crippen molar-refractivity contribution in [3.8, 4) is 0 Å². The molecule has 0 amide bonds. The Kier molecular flexibility index (Phi) is 7.72. The quantitative estimate of drug-likeness (QED) is 0.542. The third-order valence-corrected chi connectivity index (χ3v) is 7.12. The Hall–Kier alpha value is -1.97. The summed E-state index contributed by atoms with van der Waals surface area (Å²) in [6.45, 7) is 7.41. The number of benzene rings is 1. The average molecular weight is 465 g/mol. The van der Waals surface area contributed by atoms with Crippen LogP contribution in [0.5, 0.6) is 0 Å². The van der Waals surface area contributed by atoms with E-state index in [1.165, 1.54) is 0 Å². The topological polar surface area (TPSA) is 76.5 Å². The maximum Gasteiger partial charge on any atom is 0.228 e. The van der Waals surface area contributed by atoms with E-state index in [2.05, 4.69) is 29.0 Å². The number of nitrogens with one attached hydrogen (secondary N) is 1. The van der Waals surface area contributed by atoms with Crippen molar-refractivity contribution in [2.24, 2.45) is 0 Å². The number of ether oxygens (including phenoxy) is 1. The summed E-state index contributed by atoms with van der Waals surface area (Å²) in [5.74, 6) is -0.0869. The van der Waals surface area contributed by atoms with E-state index in [0.717, 1.165) is 29.7 Å². The molecular formula is C22H32N4O3S2. The third kappa shape index (κ3) is 6.27. The van der Waals surface area contributed by atoms with E-state index in [-0.39, 0.29) is 17.0 Å². The third-order valence-electron chi connectivity index (χ3n) is 5.17. The van der Waals surface area contributed by atoms with Gasteiger partial charge in [-0.1, -0.05) is 29.8 Å². The van der Waals surface area contributed by atoms with E-state index >= 15 is 0 Å². The molecule has 0 unspecified atom stereocenters. The van der Waals surface area contributed by atoms with Gasteiger partial charge in [0.2, 0.25) is 15.0 Å². The molecular weight excluding hydrogens is 432 g/mol. The minimum absolute atomic E-state index is 0.0820. The van der Waals surface area contributed by atoms with Crippen molar-refractivity contribution >= 4 is 27.2 Å². The van der Waals surface area contributed by atoms with Crippen LogP contribution in [0.3, 0.4) is 0 Å². The highest BCUT2D eigenvalue weighted by Gasteiger charge is 2.33. The van der Waals surface area contributed by atoms with Gasteiger partial charge >= 0.3 is 0 Å². The molecule has 1 N–H and O–H groups in total. The van der Waals surface area contributed by atoms with Crippen molar-refractivity contribution in [1.82, 2.24) is 19.8 Å². The summed E-state index contributed by atoms with van der Waals surface area (Å²) in [6, 6.07) is 8.16. The zero-order valence-corrected chi connectivity index (χ0v) is 20.3. The van der Waals surface area contributed by atoms with Gasteiger partial charge in [-0.2, -0.15) is 0 Å². The molecule has 1 aromatic heterocycles. The zero-order chi connectivity index (χ0) is 22.6. The van der Waals surface area contributed by atoms with Gasteiger partial charge in [0.15, 0.2) is 5.11 Å². The van der Waals surface area contributed by atoms with E-state index in [1.807, 2.05) is 31.2 Å². The summed E-state index contributed by atoms with van der Waals surface area (Å²) < 4.78 is 33.4. The van der Waals surface area contributed by atoms with Crippen LogP contribution in [0.2, 0.25) is 0 Å². The van der Waals surface area contributed by atoms with E-state index in [0.29, 0.717) is 30.9 Å². The zero-order valence-electron chi connectivity index (χ0n) is 18.7. The number of aromatic nitrogens is 2. The van der Waals surface area contributed by atoms with Gasteiger partial charge < -0.3 is 19.5 Å². The van der Waals surface area contributed by atoms with Crippen LogP contribution in [-0.2, 0) is 33.4 Å². The molecule has 1 saturated carbocycles.